The van der Waals surface area contributed by atoms with Gasteiger partial charge in [-0.3, -0.25) is 9.89 Å². The molecular formula is C14H16N4O3S. The number of carbonyl (C=O) groups is 1. The van der Waals surface area contributed by atoms with Gasteiger partial charge in [0.1, 0.15) is 4.90 Å². The molecule has 0 aliphatic carbocycles. The Morgan fingerprint density at radius 1 is 1.32 bits per heavy atom. The second kappa shape index (κ2) is 5.90. The summed E-state index contributed by atoms with van der Waals surface area (Å²) in [6, 6.07) is 9.38. The van der Waals surface area contributed by atoms with Crippen LogP contribution in [0.5, 0.6) is 0 Å². The number of rotatable bonds is 5. The summed E-state index contributed by atoms with van der Waals surface area (Å²) in [4.78, 5) is 13.9. The van der Waals surface area contributed by atoms with Crippen molar-refractivity contribution in [2.24, 2.45) is 5.92 Å². The van der Waals surface area contributed by atoms with E-state index < -0.39 is 10.0 Å². The van der Waals surface area contributed by atoms with Crippen molar-refractivity contribution in [1.29, 1.82) is 0 Å². The molecule has 1 fully saturated rings. The van der Waals surface area contributed by atoms with E-state index in [1.165, 1.54) is 12.4 Å². The van der Waals surface area contributed by atoms with Crippen molar-refractivity contribution in [1.82, 2.24) is 14.9 Å². The normalized spacial score (nSPS) is 18.8. The average molecular weight is 320 g/mol. The van der Waals surface area contributed by atoms with Gasteiger partial charge in [0.25, 0.3) is 0 Å². The summed E-state index contributed by atoms with van der Waals surface area (Å²) in [6.45, 7) is 0.735. The van der Waals surface area contributed by atoms with E-state index in [0.717, 1.165) is 5.69 Å². The maximum Gasteiger partial charge on any atom is 0.243 e. The van der Waals surface area contributed by atoms with Gasteiger partial charge in [-0.15, -0.1) is 0 Å². The molecule has 1 unspecified atom stereocenters. The summed E-state index contributed by atoms with van der Waals surface area (Å²) in [5.41, 5.74) is 0.840. The molecule has 3 rings (SSSR count). The Kier molecular flexibility index (Phi) is 3.95. The molecule has 0 bridgehead atoms. The SMILES string of the molecule is O=C1CC(CNS(=O)(=O)c2cn[nH]c2)CN1c1ccccc1. The minimum atomic E-state index is -3.58. The highest BCUT2D eigenvalue weighted by molar-refractivity contribution is 7.89. The third-order valence-electron chi connectivity index (χ3n) is 3.62. The molecule has 1 aliphatic rings. The van der Waals surface area contributed by atoms with E-state index in [1.807, 2.05) is 30.3 Å². The summed E-state index contributed by atoms with van der Waals surface area (Å²) in [7, 11) is -3.58. The van der Waals surface area contributed by atoms with E-state index in [9.17, 15) is 13.2 Å². The standard InChI is InChI=1S/C14H16N4O3S/c19-14-6-11(10-18(14)12-4-2-1-3-5-12)7-17-22(20,21)13-8-15-16-9-13/h1-5,8-9,11,17H,6-7,10H2,(H,15,16). The van der Waals surface area contributed by atoms with Crippen LogP contribution in [-0.4, -0.2) is 37.6 Å². The first kappa shape index (κ1) is 14.7. The maximum absolute atomic E-state index is 12.1. The van der Waals surface area contributed by atoms with E-state index >= 15 is 0 Å². The molecule has 2 aromatic rings. The molecule has 1 atom stereocenters. The van der Waals surface area contributed by atoms with Crippen LogP contribution in [0.2, 0.25) is 0 Å². The van der Waals surface area contributed by atoms with Crippen LogP contribution in [0.1, 0.15) is 6.42 Å². The Labute approximate surface area is 128 Å². The van der Waals surface area contributed by atoms with E-state index in [4.69, 9.17) is 0 Å². The fraction of sp³-hybridized carbons (Fsp3) is 0.286. The van der Waals surface area contributed by atoms with Crippen LogP contribution in [0.3, 0.4) is 0 Å². The van der Waals surface area contributed by atoms with Crippen molar-refractivity contribution in [2.75, 3.05) is 18.0 Å². The number of sulfonamides is 1. The number of aromatic amines is 1. The quantitative estimate of drug-likeness (QED) is 0.849. The highest BCUT2D eigenvalue weighted by Crippen LogP contribution is 2.24. The zero-order valence-corrected chi connectivity index (χ0v) is 12.6. The average Bonchev–Trinajstić information content (AvgIpc) is 3.16. The predicted octanol–water partition coefficient (Wildman–Crippen LogP) is 0.741. The highest BCUT2D eigenvalue weighted by Gasteiger charge is 2.31. The molecule has 0 radical (unpaired) electrons. The molecule has 8 heteroatoms. The smallest absolute Gasteiger partial charge is 0.243 e. The lowest BCUT2D eigenvalue weighted by atomic mass is 10.1. The molecule has 1 aromatic carbocycles. The summed E-state index contributed by atoms with van der Waals surface area (Å²) < 4.78 is 26.6. The van der Waals surface area contributed by atoms with Crippen molar-refractivity contribution in [2.45, 2.75) is 11.3 Å². The number of nitrogens with one attached hydrogen (secondary N) is 2. The van der Waals surface area contributed by atoms with Crippen LogP contribution in [-0.2, 0) is 14.8 Å². The van der Waals surface area contributed by atoms with E-state index in [0.29, 0.717) is 13.0 Å². The van der Waals surface area contributed by atoms with Crippen molar-refractivity contribution >= 4 is 21.6 Å². The van der Waals surface area contributed by atoms with E-state index in [-0.39, 0.29) is 23.3 Å². The van der Waals surface area contributed by atoms with Gasteiger partial charge in [-0.2, -0.15) is 5.10 Å². The topological polar surface area (TPSA) is 95.2 Å². The lowest BCUT2D eigenvalue weighted by Gasteiger charge is -2.16. The number of hydrogen-bond donors (Lipinski definition) is 2. The lowest BCUT2D eigenvalue weighted by molar-refractivity contribution is -0.117. The number of aromatic nitrogens is 2. The summed E-state index contributed by atoms with van der Waals surface area (Å²) >= 11 is 0. The molecule has 1 aromatic heterocycles. The molecule has 2 N–H and O–H groups in total. The molecule has 2 heterocycles. The van der Waals surface area contributed by atoms with E-state index in [2.05, 4.69) is 14.9 Å². The second-order valence-corrected chi connectivity index (χ2v) is 6.96. The number of nitrogens with zero attached hydrogens (tertiary/aromatic N) is 2. The minimum Gasteiger partial charge on any atom is -0.312 e. The largest absolute Gasteiger partial charge is 0.312 e. The van der Waals surface area contributed by atoms with Gasteiger partial charge in [-0.25, -0.2) is 13.1 Å². The van der Waals surface area contributed by atoms with Crippen LogP contribution in [0.15, 0.2) is 47.6 Å². The zero-order chi connectivity index (χ0) is 15.6. The van der Waals surface area contributed by atoms with Gasteiger partial charge < -0.3 is 4.90 Å². The van der Waals surface area contributed by atoms with Gasteiger partial charge in [-0.1, -0.05) is 18.2 Å². The van der Waals surface area contributed by atoms with Gasteiger partial charge in [0.05, 0.1) is 6.20 Å². The van der Waals surface area contributed by atoms with Crippen LogP contribution in [0, 0.1) is 5.92 Å². The van der Waals surface area contributed by atoms with E-state index in [1.54, 1.807) is 4.90 Å². The molecule has 22 heavy (non-hydrogen) atoms. The van der Waals surface area contributed by atoms with Crippen molar-refractivity contribution in [3.63, 3.8) is 0 Å². The monoisotopic (exact) mass is 320 g/mol. The Balaban J connectivity index is 1.63. The fourth-order valence-corrected chi connectivity index (χ4v) is 3.49. The summed E-state index contributed by atoms with van der Waals surface area (Å²) in [5.74, 6) is -0.0342. The maximum atomic E-state index is 12.1. The number of anilines is 1. The Morgan fingerprint density at radius 3 is 2.77 bits per heavy atom. The van der Waals surface area contributed by atoms with Crippen LogP contribution < -0.4 is 9.62 Å². The molecule has 1 aliphatic heterocycles. The van der Waals surface area contributed by atoms with Crippen LogP contribution in [0.25, 0.3) is 0 Å². The number of carbonyl (C=O) groups excluding carboxylic acids is 1. The molecule has 0 saturated carbocycles. The van der Waals surface area contributed by atoms with Crippen LogP contribution in [0.4, 0.5) is 5.69 Å². The second-order valence-electron chi connectivity index (χ2n) is 5.20. The van der Waals surface area contributed by atoms with Gasteiger partial charge >= 0.3 is 0 Å². The van der Waals surface area contributed by atoms with Gasteiger partial charge in [0, 0.05) is 31.4 Å². The first-order chi connectivity index (χ1) is 10.6. The number of benzene rings is 1. The Hall–Kier alpha value is -2.19. The van der Waals surface area contributed by atoms with Crippen molar-refractivity contribution < 1.29 is 13.2 Å². The number of para-hydroxylation sites is 1. The fourth-order valence-electron chi connectivity index (χ4n) is 2.47. The van der Waals surface area contributed by atoms with Gasteiger partial charge in [0.2, 0.25) is 15.9 Å². The summed E-state index contributed by atoms with van der Waals surface area (Å²) in [5, 5.41) is 6.09. The molecule has 116 valence electrons. The molecule has 1 saturated heterocycles. The number of hydrogen-bond acceptors (Lipinski definition) is 4. The number of H-pyrrole nitrogens is 1. The molecule has 7 nitrogen and oxygen atoms in total. The minimum absolute atomic E-state index is 0.0127. The highest BCUT2D eigenvalue weighted by atomic mass is 32.2. The number of amides is 1. The Morgan fingerprint density at radius 2 is 2.09 bits per heavy atom. The predicted molar refractivity (Wildman–Crippen MR) is 80.7 cm³/mol. The lowest BCUT2D eigenvalue weighted by Crippen LogP contribution is -2.31. The zero-order valence-electron chi connectivity index (χ0n) is 11.8. The van der Waals surface area contributed by atoms with Gasteiger partial charge in [-0.05, 0) is 18.1 Å². The van der Waals surface area contributed by atoms with Crippen molar-refractivity contribution in [3.05, 3.63) is 42.7 Å². The molecule has 1 amide bonds. The summed E-state index contributed by atoms with van der Waals surface area (Å²) in [6.07, 6.45) is 2.90. The molecular weight excluding hydrogens is 304 g/mol. The molecule has 0 spiro atoms. The van der Waals surface area contributed by atoms with Gasteiger partial charge in [0.15, 0.2) is 0 Å². The first-order valence-electron chi connectivity index (χ1n) is 6.90. The van der Waals surface area contributed by atoms with Crippen molar-refractivity contribution in [3.8, 4) is 0 Å². The van der Waals surface area contributed by atoms with Crippen LogP contribution >= 0.6 is 0 Å². The third-order valence-corrected chi connectivity index (χ3v) is 5.01. The first-order valence-corrected chi connectivity index (χ1v) is 8.38. The third kappa shape index (κ3) is 3.02. The Bertz CT molecular complexity index is 744.